The van der Waals surface area contributed by atoms with Crippen molar-refractivity contribution in [2.24, 2.45) is 0 Å². The minimum atomic E-state index is -0.321. The molecule has 6 heteroatoms. The van der Waals surface area contributed by atoms with Gasteiger partial charge in [0.05, 0.1) is 19.3 Å². The number of hydrogen-bond acceptors (Lipinski definition) is 5. The molecule has 0 aliphatic carbocycles. The third-order valence-corrected chi connectivity index (χ3v) is 3.28. The lowest BCUT2D eigenvalue weighted by Crippen LogP contribution is -2.14. The lowest BCUT2D eigenvalue weighted by atomic mass is 10.5. The molecule has 0 heterocycles. The molecule has 0 aromatic carbocycles. The van der Waals surface area contributed by atoms with E-state index in [1.54, 1.807) is 23.5 Å². The second kappa shape index (κ2) is 12.5. The van der Waals surface area contributed by atoms with Crippen LogP contribution in [0.5, 0.6) is 0 Å². The van der Waals surface area contributed by atoms with Crippen LogP contribution >= 0.6 is 23.5 Å². The van der Waals surface area contributed by atoms with Gasteiger partial charge in [-0.2, -0.15) is 23.5 Å². The highest BCUT2D eigenvalue weighted by Gasteiger charge is 2.03. The van der Waals surface area contributed by atoms with Gasteiger partial charge in [0, 0.05) is 23.0 Å². The van der Waals surface area contributed by atoms with Crippen molar-refractivity contribution in [3.05, 3.63) is 0 Å². The van der Waals surface area contributed by atoms with Crippen LogP contribution in [0.3, 0.4) is 0 Å². The van der Waals surface area contributed by atoms with E-state index in [0.717, 1.165) is 0 Å². The maximum atomic E-state index is 9.30. The maximum absolute atomic E-state index is 9.30. The Balaban J connectivity index is 0. The number of rotatable bonds is 8. The van der Waals surface area contributed by atoms with E-state index in [4.69, 9.17) is 10.2 Å². The van der Waals surface area contributed by atoms with E-state index in [1.165, 1.54) is 0 Å². The summed E-state index contributed by atoms with van der Waals surface area (Å²) >= 11 is 3.09. The highest BCUT2D eigenvalue weighted by molar-refractivity contribution is 8.00. The SMILES string of the molecule is O.OCCSCC(O)CSCCO. The minimum Gasteiger partial charge on any atom is -0.412 e. The molecule has 0 radical (unpaired) electrons. The summed E-state index contributed by atoms with van der Waals surface area (Å²) in [5.74, 6) is 2.70. The third kappa shape index (κ3) is 12.5. The summed E-state index contributed by atoms with van der Waals surface area (Å²) in [6.07, 6.45) is -0.321. The van der Waals surface area contributed by atoms with Crippen LogP contribution in [-0.2, 0) is 0 Å². The minimum absolute atomic E-state index is 0. The number of aliphatic hydroxyl groups excluding tert-OH is 3. The molecule has 0 spiro atoms. The molecule has 0 atom stereocenters. The summed E-state index contributed by atoms with van der Waals surface area (Å²) < 4.78 is 0. The van der Waals surface area contributed by atoms with Gasteiger partial charge in [-0.3, -0.25) is 0 Å². The monoisotopic (exact) mass is 230 g/mol. The van der Waals surface area contributed by atoms with Crippen LogP contribution in [0.2, 0.25) is 0 Å². The highest BCUT2D eigenvalue weighted by atomic mass is 32.2. The van der Waals surface area contributed by atoms with Gasteiger partial charge in [0.25, 0.3) is 0 Å². The molecule has 0 amide bonds. The molecular weight excluding hydrogens is 212 g/mol. The molecule has 0 aromatic heterocycles. The molecular formula is C7H18O4S2. The van der Waals surface area contributed by atoms with Gasteiger partial charge in [0.2, 0.25) is 0 Å². The lowest BCUT2D eigenvalue weighted by Gasteiger charge is -2.08. The third-order valence-electron chi connectivity index (χ3n) is 1.09. The van der Waals surface area contributed by atoms with Crippen molar-refractivity contribution in [1.82, 2.24) is 0 Å². The second-order valence-corrected chi connectivity index (χ2v) is 4.55. The molecule has 0 fully saturated rings. The van der Waals surface area contributed by atoms with Crippen molar-refractivity contribution in [3.63, 3.8) is 0 Å². The van der Waals surface area contributed by atoms with Crippen molar-refractivity contribution in [3.8, 4) is 0 Å². The normalized spacial score (nSPS) is 10.2. The number of aliphatic hydroxyl groups is 3. The zero-order valence-corrected chi connectivity index (χ0v) is 9.11. The molecule has 5 N–H and O–H groups in total. The van der Waals surface area contributed by atoms with Crippen LogP contribution in [0.4, 0.5) is 0 Å². The zero-order chi connectivity index (χ0) is 9.23. The zero-order valence-electron chi connectivity index (χ0n) is 7.48. The Morgan fingerprint density at radius 3 is 1.62 bits per heavy atom. The quantitative estimate of drug-likeness (QED) is 0.464. The topological polar surface area (TPSA) is 92.2 Å². The standard InChI is InChI=1S/C7H16O3S2.H2O/c8-1-3-11-5-7(10)6-12-4-2-9;/h7-10H,1-6H2;1H2. The van der Waals surface area contributed by atoms with Gasteiger partial charge in [-0.25, -0.2) is 0 Å². The van der Waals surface area contributed by atoms with Crippen molar-refractivity contribution in [2.45, 2.75) is 6.10 Å². The molecule has 0 saturated heterocycles. The van der Waals surface area contributed by atoms with Crippen LogP contribution in [0.25, 0.3) is 0 Å². The summed E-state index contributed by atoms with van der Waals surface area (Å²) in [7, 11) is 0. The first-order valence-electron chi connectivity index (χ1n) is 3.86. The summed E-state index contributed by atoms with van der Waals surface area (Å²) in [5, 5.41) is 26.2. The van der Waals surface area contributed by atoms with Crippen molar-refractivity contribution < 1.29 is 20.8 Å². The molecule has 0 unspecified atom stereocenters. The molecule has 0 rings (SSSR count). The van der Waals surface area contributed by atoms with E-state index in [1.807, 2.05) is 0 Å². The van der Waals surface area contributed by atoms with Crippen molar-refractivity contribution in [2.75, 3.05) is 36.2 Å². The molecule has 4 nitrogen and oxygen atoms in total. The lowest BCUT2D eigenvalue weighted by molar-refractivity contribution is 0.225. The van der Waals surface area contributed by atoms with Gasteiger partial charge in [-0.05, 0) is 0 Å². The fourth-order valence-electron chi connectivity index (χ4n) is 0.616. The van der Waals surface area contributed by atoms with Gasteiger partial charge < -0.3 is 20.8 Å². The Hall–Kier alpha value is 0.540. The summed E-state index contributed by atoms with van der Waals surface area (Å²) in [6, 6.07) is 0. The first kappa shape index (κ1) is 16.0. The van der Waals surface area contributed by atoms with E-state index in [-0.39, 0.29) is 24.8 Å². The Labute approximate surface area is 87.0 Å². The van der Waals surface area contributed by atoms with Crippen LogP contribution in [0.1, 0.15) is 0 Å². The van der Waals surface area contributed by atoms with Gasteiger partial charge in [0.15, 0.2) is 0 Å². The van der Waals surface area contributed by atoms with E-state index in [9.17, 15) is 5.11 Å². The molecule has 13 heavy (non-hydrogen) atoms. The van der Waals surface area contributed by atoms with Crippen LogP contribution < -0.4 is 0 Å². The van der Waals surface area contributed by atoms with Gasteiger partial charge in [-0.1, -0.05) is 0 Å². The second-order valence-electron chi connectivity index (χ2n) is 2.25. The van der Waals surface area contributed by atoms with E-state index < -0.39 is 0 Å². The fourth-order valence-corrected chi connectivity index (χ4v) is 2.14. The van der Waals surface area contributed by atoms with Gasteiger partial charge >= 0.3 is 0 Å². The first-order valence-corrected chi connectivity index (χ1v) is 6.17. The Morgan fingerprint density at radius 2 is 1.31 bits per heavy atom. The average Bonchev–Trinajstić information content (AvgIpc) is 2.06. The van der Waals surface area contributed by atoms with E-state index in [0.29, 0.717) is 23.0 Å². The summed E-state index contributed by atoms with van der Waals surface area (Å²) in [5.41, 5.74) is 0. The molecule has 0 saturated carbocycles. The molecule has 0 aromatic rings. The number of thioether (sulfide) groups is 2. The fraction of sp³-hybridized carbons (Fsp3) is 1.00. The van der Waals surface area contributed by atoms with Crippen molar-refractivity contribution >= 4 is 23.5 Å². The molecule has 0 bridgehead atoms. The summed E-state index contributed by atoms with van der Waals surface area (Å²) in [6.45, 7) is 0.336. The van der Waals surface area contributed by atoms with Crippen LogP contribution in [0, 0.1) is 0 Å². The highest BCUT2D eigenvalue weighted by Crippen LogP contribution is 2.07. The predicted molar refractivity (Wildman–Crippen MR) is 58.4 cm³/mol. The smallest absolute Gasteiger partial charge is 0.0720 e. The number of hydrogen-bond donors (Lipinski definition) is 3. The summed E-state index contributed by atoms with van der Waals surface area (Å²) in [4.78, 5) is 0. The first-order chi connectivity index (χ1) is 5.81. The van der Waals surface area contributed by atoms with Crippen LogP contribution in [-0.4, -0.2) is 63.1 Å². The van der Waals surface area contributed by atoms with E-state index >= 15 is 0 Å². The molecule has 0 aliphatic rings. The van der Waals surface area contributed by atoms with E-state index in [2.05, 4.69) is 0 Å². The van der Waals surface area contributed by atoms with Crippen LogP contribution in [0.15, 0.2) is 0 Å². The Bertz CT molecular complexity index is 84.6. The largest absolute Gasteiger partial charge is 0.412 e. The predicted octanol–water partition coefficient (Wildman–Crippen LogP) is -1.03. The van der Waals surface area contributed by atoms with Gasteiger partial charge in [-0.15, -0.1) is 0 Å². The maximum Gasteiger partial charge on any atom is 0.0720 e. The molecule has 82 valence electrons. The Kier molecular flexibility index (Phi) is 15.4. The molecule has 0 aliphatic heterocycles. The van der Waals surface area contributed by atoms with Gasteiger partial charge in [0.1, 0.15) is 0 Å². The average molecular weight is 230 g/mol. The van der Waals surface area contributed by atoms with Crippen molar-refractivity contribution in [1.29, 1.82) is 0 Å². The Morgan fingerprint density at radius 1 is 0.923 bits per heavy atom.